The van der Waals surface area contributed by atoms with E-state index < -0.39 is 10.0 Å². The van der Waals surface area contributed by atoms with Crippen LogP contribution < -0.4 is 0 Å². The van der Waals surface area contributed by atoms with Gasteiger partial charge in [-0.15, -0.1) is 0 Å². The molecule has 156 valence electrons. The van der Waals surface area contributed by atoms with E-state index in [0.29, 0.717) is 43.5 Å². The van der Waals surface area contributed by atoms with E-state index in [-0.39, 0.29) is 5.91 Å². The van der Waals surface area contributed by atoms with Crippen LogP contribution in [0.2, 0.25) is 0 Å². The van der Waals surface area contributed by atoms with E-state index in [9.17, 15) is 13.2 Å². The highest BCUT2D eigenvalue weighted by Gasteiger charge is 2.31. The molecule has 2 heterocycles. The lowest BCUT2D eigenvalue weighted by atomic mass is 10.0. The van der Waals surface area contributed by atoms with Gasteiger partial charge in [0, 0.05) is 32.7 Å². The van der Waals surface area contributed by atoms with Crippen molar-refractivity contribution in [2.45, 2.75) is 24.7 Å². The Kier molecular flexibility index (Phi) is 5.90. The first-order valence-electron chi connectivity index (χ1n) is 10.4. The van der Waals surface area contributed by atoms with Gasteiger partial charge in [-0.25, -0.2) is 8.42 Å². The van der Waals surface area contributed by atoms with Crippen LogP contribution in [0.15, 0.2) is 47.4 Å². The van der Waals surface area contributed by atoms with Crippen LogP contribution in [0.1, 0.15) is 19.8 Å². The molecule has 2 fully saturated rings. The summed E-state index contributed by atoms with van der Waals surface area (Å²) < 4.78 is 27.7. The first kappa shape index (κ1) is 20.3. The van der Waals surface area contributed by atoms with Crippen molar-refractivity contribution < 1.29 is 13.2 Å². The average Bonchev–Trinajstić information content (AvgIpc) is 2.73. The lowest BCUT2D eigenvalue weighted by molar-refractivity contribution is -0.134. The Bertz CT molecular complexity index is 984. The quantitative estimate of drug-likeness (QED) is 0.769. The summed E-state index contributed by atoms with van der Waals surface area (Å²) in [7, 11) is -3.55. The van der Waals surface area contributed by atoms with Gasteiger partial charge in [-0.2, -0.15) is 4.31 Å². The van der Waals surface area contributed by atoms with Gasteiger partial charge in [0.25, 0.3) is 0 Å². The van der Waals surface area contributed by atoms with Crippen LogP contribution in [0.5, 0.6) is 0 Å². The summed E-state index contributed by atoms with van der Waals surface area (Å²) in [6.45, 7) is 6.22. The maximum atomic E-state index is 13.1. The fraction of sp³-hybridized carbons (Fsp3) is 0.500. The molecule has 4 rings (SSSR count). The Hall–Kier alpha value is -1.96. The number of piperidine rings is 1. The second-order valence-corrected chi connectivity index (χ2v) is 10.2. The van der Waals surface area contributed by atoms with Gasteiger partial charge in [0.1, 0.15) is 0 Å². The third-order valence-corrected chi connectivity index (χ3v) is 7.94. The molecule has 1 amide bonds. The van der Waals surface area contributed by atoms with Crippen LogP contribution in [0.4, 0.5) is 0 Å². The van der Waals surface area contributed by atoms with Crippen molar-refractivity contribution in [1.29, 1.82) is 0 Å². The minimum absolute atomic E-state index is 0.113. The number of fused-ring (bicyclic) bond motifs is 1. The normalized spacial score (nSPS) is 22.1. The van der Waals surface area contributed by atoms with Crippen LogP contribution in [-0.4, -0.2) is 74.2 Å². The van der Waals surface area contributed by atoms with E-state index in [0.717, 1.165) is 30.3 Å². The van der Waals surface area contributed by atoms with E-state index in [1.807, 2.05) is 35.2 Å². The minimum atomic E-state index is -3.55. The number of rotatable bonds is 4. The zero-order valence-corrected chi connectivity index (χ0v) is 17.8. The molecule has 0 saturated carbocycles. The molecule has 2 aromatic carbocycles. The smallest absolute Gasteiger partial charge is 0.243 e. The molecule has 0 aromatic heterocycles. The van der Waals surface area contributed by atoms with Crippen LogP contribution in [0.25, 0.3) is 10.8 Å². The minimum Gasteiger partial charge on any atom is -0.339 e. The van der Waals surface area contributed by atoms with Gasteiger partial charge in [0.05, 0.1) is 11.4 Å². The molecule has 0 unspecified atom stereocenters. The SMILES string of the molecule is C[C@H]1CCCN(CC(=O)N2CCN(S(=O)(=O)c3ccc4ccccc4c3)CC2)C1. The van der Waals surface area contributed by atoms with Crippen molar-refractivity contribution in [1.82, 2.24) is 14.1 Å². The molecule has 0 aliphatic carbocycles. The first-order valence-corrected chi connectivity index (χ1v) is 11.9. The number of amides is 1. The third kappa shape index (κ3) is 4.47. The monoisotopic (exact) mass is 415 g/mol. The van der Waals surface area contributed by atoms with E-state index in [1.54, 1.807) is 12.1 Å². The zero-order chi connectivity index (χ0) is 20.4. The predicted octanol–water partition coefficient (Wildman–Crippen LogP) is 2.40. The number of hydrogen-bond acceptors (Lipinski definition) is 4. The highest BCUT2D eigenvalue weighted by Crippen LogP contribution is 2.23. The number of piperazine rings is 1. The topological polar surface area (TPSA) is 60.9 Å². The van der Waals surface area contributed by atoms with Gasteiger partial charge in [-0.1, -0.05) is 37.3 Å². The Morgan fingerprint density at radius 3 is 2.45 bits per heavy atom. The molecular formula is C22H29N3O3S. The fourth-order valence-corrected chi connectivity index (χ4v) is 5.83. The van der Waals surface area contributed by atoms with Crippen molar-refractivity contribution in [2.24, 2.45) is 5.92 Å². The second kappa shape index (κ2) is 8.42. The van der Waals surface area contributed by atoms with E-state index in [1.165, 1.54) is 10.7 Å². The number of nitrogens with zero attached hydrogens (tertiary/aromatic N) is 3. The highest BCUT2D eigenvalue weighted by molar-refractivity contribution is 7.89. The van der Waals surface area contributed by atoms with Crippen molar-refractivity contribution in [2.75, 3.05) is 45.8 Å². The Morgan fingerprint density at radius 2 is 1.72 bits per heavy atom. The molecule has 0 N–H and O–H groups in total. The van der Waals surface area contributed by atoms with Crippen LogP contribution in [0.3, 0.4) is 0 Å². The van der Waals surface area contributed by atoms with E-state index in [2.05, 4.69) is 11.8 Å². The Morgan fingerprint density at radius 1 is 1.00 bits per heavy atom. The summed E-state index contributed by atoms with van der Waals surface area (Å²) in [5.41, 5.74) is 0. The molecule has 1 atom stereocenters. The Labute approximate surface area is 173 Å². The van der Waals surface area contributed by atoms with Gasteiger partial charge >= 0.3 is 0 Å². The second-order valence-electron chi connectivity index (χ2n) is 8.28. The molecule has 2 aliphatic rings. The molecule has 2 aliphatic heterocycles. The number of carbonyl (C=O) groups excluding carboxylic acids is 1. The molecule has 7 heteroatoms. The van der Waals surface area contributed by atoms with Gasteiger partial charge < -0.3 is 4.90 Å². The molecular weight excluding hydrogens is 386 g/mol. The fourth-order valence-electron chi connectivity index (χ4n) is 4.38. The molecule has 0 radical (unpaired) electrons. The lowest BCUT2D eigenvalue weighted by Gasteiger charge is -2.36. The highest BCUT2D eigenvalue weighted by atomic mass is 32.2. The van der Waals surface area contributed by atoms with Crippen molar-refractivity contribution in [3.63, 3.8) is 0 Å². The summed E-state index contributed by atoms with van der Waals surface area (Å²) in [5.74, 6) is 0.752. The number of likely N-dealkylation sites (tertiary alicyclic amines) is 1. The maximum absolute atomic E-state index is 13.1. The molecule has 2 saturated heterocycles. The largest absolute Gasteiger partial charge is 0.339 e. The summed E-state index contributed by atoms with van der Waals surface area (Å²) in [5, 5.41) is 1.94. The van der Waals surface area contributed by atoms with Gasteiger partial charge in [0.2, 0.25) is 15.9 Å². The van der Waals surface area contributed by atoms with Crippen LogP contribution >= 0.6 is 0 Å². The van der Waals surface area contributed by atoms with Gasteiger partial charge in [-0.05, 0) is 48.2 Å². The van der Waals surface area contributed by atoms with Crippen molar-refractivity contribution in [3.05, 3.63) is 42.5 Å². The predicted molar refractivity (Wildman–Crippen MR) is 114 cm³/mol. The standard InChI is InChI=1S/C22H29N3O3S/c1-18-5-4-10-23(16-18)17-22(26)24-11-13-25(14-12-24)29(27,28)21-9-8-19-6-2-3-7-20(19)15-21/h2-3,6-9,15,18H,4-5,10-14,16-17H2,1H3/t18-/m0/s1. The van der Waals surface area contributed by atoms with Crippen molar-refractivity contribution in [3.8, 4) is 0 Å². The van der Waals surface area contributed by atoms with Crippen LogP contribution in [0, 0.1) is 5.92 Å². The van der Waals surface area contributed by atoms with Crippen LogP contribution in [-0.2, 0) is 14.8 Å². The van der Waals surface area contributed by atoms with E-state index in [4.69, 9.17) is 0 Å². The van der Waals surface area contributed by atoms with Gasteiger partial charge in [0.15, 0.2) is 0 Å². The molecule has 6 nitrogen and oxygen atoms in total. The molecule has 0 bridgehead atoms. The van der Waals surface area contributed by atoms with Gasteiger partial charge in [-0.3, -0.25) is 9.69 Å². The average molecular weight is 416 g/mol. The molecule has 29 heavy (non-hydrogen) atoms. The molecule has 2 aromatic rings. The summed E-state index contributed by atoms with van der Waals surface area (Å²) in [6, 6.07) is 13.0. The van der Waals surface area contributed by atoms with E-state index >= 15 is 0 Å². The molecule has 0 spiro atoms. The summed E-state index contributed by atoms with van der Waals surface area (Å²) in [4.78, 5) is 17.0. The number of sulfonamides is 1. The number of hydrogen-bond donors (Lipinski definition) is 0. The zero-order valence-electron chi connectivity index (χ0n) is 17.0. The summed E-state index contributed by atoms with van der Waals surface area (Å²) in [6.07, 6.45) is 2.38. The third-order valence-electron chi connectivity index (χ3n) is 6.05. The van der Waals surface area contributed by atoms with Crippen molar-refractivity contribution >= 4 is 26.7 Å². The first-order chi connectivity index (χ1) is 13.9. The maximum Gasteiger partial charge on any atom is 0.243 e. The number of carbonyl (C=O) groups is 1. The Balaban J connectivity index is 1.38. The summed E-state index contributed by atoms with van der Waals surface area (Å²) >= 11 is 0. The lowest BCUT2D eigenvalue weighted by Crippen LogP contribution is -2.53. The number of benzene rings is 2.